The fourth-order valence-corrected chi connectivity index (χ4v) is 2.35. The lowest BCUT2D eigenvalue weighted by Crippen LogP contribution is -2.15. The molecule has 1 aromatic carbocycles. The molecular formula is C13H18N4S. The second-order valence-corrected chi connectivity index (χ2v) is 4.85. The fourth-order valence-electron chi connectivity index (χ4n) is 1.67. The molecule has 0 radical (unpaired) electrons. The Morgan fingerprint density at radius 3 is 2.78 bits per heavy atom. The second-order valence-electron chi connectivity index (χ2n) is 4.10. The third-order valence-corrected chi connectivity index (χ3v) is 3.45. The topological polar surface area (TPSA) is 63.8 Å². The Bertz CT molecular complexity index is 469. The molecule has 96 valence electrons. The molecule has 0 bridgehead atoms. The molecule has 1 heterocycles. The van der Waals surface area contributed by atoms with E-state index in [1.165, 1.54) is 17.1 Å². The molecule has 0 saturated carbocycles. The van der Waals surface area contributed by atoms with E-state index >= 15 is 0 Å². The van der Waals surface area contributed by atoms with Gasteiger partial charge in [-0.05, 0) is 12.0 Å². The monoisotopic (exact) mass is 262 g/mol. The summed E-state index contributed by atoms with van der Waals surface area (Å²) < 4.78 is 4.23. The van der Waals surface area contributed by atoms with Crippen molar-refractivity contribution < 1.29 is 0 Å². The number of anilines is 1. The Hall–Kier alpha value is -1.46. The third-order valence-electron chi connectivity index (χ3n) is 2.74. The van der Waals surface area contributed by atoms with E-state index in [0.717, 1.165) is 30.3 Å². The third kappa shape index (κ3) is 3.51. The van der Waals surface area contributed by atoms with E-state index in [2.05, 4.69) is 33.7 Å². The Kier molecular flexibility index (Phi) is 4.66. The molecule has 0 spiro atoms. The van der Waals surface area contributed by atoms with Crippen molar-refractivity contribution in [3.63, 3.8) is 0 Å². The molecule has 2 rings (SSSR count). The molecule has 2 aromatic rings. The van der Waals surface area contributed by atoms with Crippen molar-refractivity contribution in [3.8, 4) is 0 Å². The second kappa shape index (κ2) is 6.47. The molecule has 0 saturated heterocycles. The van der Waals surface area contributed by atoms with Gasteiger partial charge in [0.15, 0.2) is 0 Å². The molecule has 3 N–H and O–H groups in total. The molecule has 0 aliphatic rings. The summed E-state index contributed by atoms with van der Waals surface area (Å²) in [5, 5.41) is 4.15. The molecular weight excluding hydrogens is 244 g/mol. The van der Waals surface area contributed by atoms with Crippen molar-refractivity contribution >= 4 is 16.7 Å². The minimum absolute atomic E-state index is 0.0669. The standard InChI is InChI=1S/C13H18N4S/c1-2-12-16-13(18-17-12)15-9-8-11(14)10-6-4-3-5-7-10/h3-7,11H,2,8-9,14H2,1H3,(H,15,16,17). The van der Waals surface area contributed by atoms with Crippen LogP contribution in [0.1, 0.15) is 30.8 Å². The lowest BCUT2D eigenvalue weighted by molar-refractivity contribution is 0.675. The molecule has 1 atom stereocenters. The van der Waals surface area contributed by atoms with Gasteiger partial charge in [-0.1, -0.05) is 37.3 Å². The Morgan fingerprint density at radius 1 is 1.33 bits per heavy atom. The van der Waals surface area contributed by atoms with Crippen LogP contribution in [0.4, 0.5) is 5.13 Å². The van der Waals surface area contributed by atoms with E-state index < -0.39 is 0 Å². The largest absolute Gasteiger partial charge is 0.360 e. The maximum absolute atomic E-state index is 6.12. The first kappa shape index (κ1) is 13.0. The minimum Gasteiger partial charge on any atom is -0.360 e. The van der Waals surface area contributed by atoms with Gasteiger partial charge in [0.25, 0.3) is 0 Å². The summed E-state index contributed by atoms with van der Waals surface area (Å²) in [4.78, 5) is 4.35. The summed E-state index contributed by atoms with van der Waals surface area (Å²) in [6.45, 7) is 2.87. The zero-order chi connectivity index (χ0) is 12.8. The van der Waals surface area contributed by atoms with Gasteiger partial charge in [-0.15, -0.1) is 0 Å². The highest BCUT2D eigenvalue weighted by Crippen LogP contribution is 2.15. The van der Waals surface area contributed by atoms with E-state index in [1.54, 1.807) is 0 Å². The van der Waals surface area contributed by atoms with Crippen LogP contribution in [0.5, 0.6) is 0 Å². The number of aromatic nitrogens is 2. The minimum atomic E-state index is 0.0669. The van der Waals surface area contributed by atoms with Gasteiger partial charge < -0.3 is 11.1 Å². The summed E-state index contributed by atoms with van der Waals surface area (Å²) in [5.41, 5.74) is 7.29. The van der Waals surface area contributed by atoms with Crippen LogP contribution in [0.3, 0.4) is 0 Å². The van der Waals surface area contributed by atoms with Gasteiger partial charge >= 0.3 is 0 Å². The number of nitrogens with one attached hydrogen (secondary N) is 1. The number of benzene rings is 1. The number of hydrogen-bond donors (Lipinski definition) is 2. The molecule has 0 fully saturated rings. The van der Waals surface area contributed by atoms with Crippen molar-refractivity contribution in [3.05, 3.63) is 41.7 Å². The lowest BCUT2D eigenvalue weighted by atomic mass is 10.1. The van der Waals surface area contributed by atoms with Gasteiger partial charge in [0.1, 0.15) is 5.82 Å². The van der Waals surface area contributed by atoms with Gasteiger partial charge in [0, 0.05) is 30.5 Å². The first-order valence-electron chi connectivity index (χ1n) is 6.16. The molecule has 0 amide bonds. The van der Waals surface area contributed by atoms with Crippen LogP contribution >= 0.6 is 11.5 Å². The van der Waals surface area contributed by atoms with Gasteiger partial charge in [-0.2, -0.15) is 4.37 Å². The van der Waals surface area contributed by atoms with Gasteiger partial charge in [0.05, 0.1) is 0 Å². The van der Waals surface area contributed by atoms with Gasteiger partial charge in [-0.3, -0.25) is 0 Å². The van der Waals surface area contributed by atoms with Crippen LogP contribution in [0.25, 0.3) is 0 Å². The molecule has 1 aromatic heterocycles. The lowest BCUT2D eigenvalue weighted by Gasteiger charge is -2.11. The summed E-state index contributed by atoms with van der Waals surface area (Å²) in [6.07, 6.45) is 1.76. The van der Waals surface area contributed by atoms with E-state index in [1.807, 2.05) is 18.2 Å². The normalized spacial score (nSPS) is 12.3. The highest BCUT2D eigenvalue weighted by atomic mass is 32.1. The van der Waals surface area contributed by atoms with Crippen molar-refractivity contribution in [2.75, 3.05) is 11.9 Å². The summed E-state index contributed by atoms with van der Waals surface area (Å²) in [6, 6.07) is 10.2. The highest BCUT2D eigenvalue weighted by molar-refractivity contribution is 7.09. The van der Waals surface area contributed by atoms with Crippen molar-refractivity contribution in [2.45, 2.75) is 25.8 Å². The van der Waals surface area contributed by atoms with Crippen molar-refractivity contribution in [1.29, 1.82) is 0 Å². The predicted molar refractivity (Wildman–Crippen MR) is 75.8 cm³/mol. The Labute approximate surface area is 111 Å². The summed E-state index contributed by atoms with van der Waals surface area (Å²) >= 11 is 1.41. The maximum Gasteiger partial charge on any atom is 0.202 e. The first-order chi connectivity index (χ1) is 8.79. The summed E-state index contributed by atoms with van der Waals surface area (Å²) in [7, 11) is 0. The quantitative estimate of drug-likeness (QED) is 0.840. The SMILES string of the molecule is CCc1nsc(NCCC(N)c2ccccc2)n1. The van der Waals surface area contributed by atoms with E-state index in [0.29, 0.717) is 0 Å². The molecule has 5 heteroatoms. The van der Waals surface area contributed by atoms with Crippen molar-refractivity contribution in [2.24, 2.45) is 5.73 Å². The zero-order valence-electron chi connectivity index (χ0n) is 10.5. The van der Waals surface area contributed by atoms with Crippen LogP contribution < -0.4 is 11.1 Å². The number of nitrogens with two attached hydrogens (primary N) is 1. The van der Waals surface area contributed by atoms with Crippen LogP contribution in [0.2, 0.25) is 0 Å². The smallest absolute Gasteiger partial charge is 0.202 e. The van der Waals surface area contributed by atoms with E-state index in [-0.39, 0.29) is 6.04 Å². The molecule has 0 aliphatic heterocycles. The van der Waals surface area contributed by atoms with E-state index in [4.69, 9.17) is 5.73 Å². The number of nitrogens with zero attached hydrogens (tertiary/aromatic N) is 2. The zero-order valence-corrected chi connectivity index (χ0v) is 11.3. The van der Waals surface area contributed by atoms with Crippen LogP contribution in [-0.4, -0.2) is 15.9 Å². The molecule has 4 nitrogen and oxygen atoms in total. The summed E-state index contributed by atoms with van der Waals surface area (Å²) in [5.74, 6) is 0.898. The maximum atomic E-state index is 6.12. The average molecular weight is 262 g/mol. The number of aryl methyl sites for hydroxylation is 1. The van der Waals surface area contributed by atoms with Gasteiger partial charge in [0.2, 0.25) is 5.13 Å². The number of hydrogen-bond acceptors (Lipinski definition) is 5. The fraction of sp³-hybridized carbons (Fsp3) is 0.385. The predicted octanol–water partition coefficient (Wildman–Crippen LogP) is 2.60. The van der Waals surface area contributed by atoms with E-state index in [9.17, 15) is 0 Å². The molecule has 18 heavy (non-hydrogen) atoms. The molecule has 0 aliphatic carbocycles. The van der Waals surface area contributed by atoms with Crippen LogP contribution in [0.15, 0.2) is 30.3 Å². The average Bonchev–Trinajstić information content (AvgIpc) is 2.87. The van der Waals surface area contributed by atoms with Crippen molar-refractivity contribution in [1.82, 2.24) is 9.36 Å². The van der Waals surface area contributed by atoms with Gasteiger partial charge in [-0.25, -0.2) is 4.98 Å². The van der Waals surface area contributed by atoms with Crippen LogP contribution in [0, 0.1) is 0 Å². The molecule has 1 unspecified atom stereocenters. The number of rotatable bonds is 6. The highest BCUT2D eigenvalue weighted by Gasteiger charge is 2.06. The Morgan fingerprint density at radius 2 is 2.11 bits per heavy atom. The Balaban J connectivity index is 1.78. The van der Waals surface area contributed by atoms with Crippen LogP contribution in [-0.2, 0) is 6.42 Å². The first-order valence-corrected chi connectivity index (χ1v) is 6.94.